The Morgan fingerprint density at radius 2 is 1.42 bits per heavy atom. The fraction of sp³-hybridized carbons (Fsp3) is 0.348. The Labute approximate surface area is 156 Å². The van der Waals surface area contributed by atoms with E-state index in [0.29, 0.717) is 6.04 Å². The minimum Gasteiger partial charge on any atom is -0.304 e. The molecule has 1 aliphatic heterocycles. The van der Waals surface area contributed by atoms with E-state index in [-0.39, 0.29) is 0 Å². The van der Waals surface area contributed by atoms with Crippen molar-refractivity contribution in [1.29, 1.82) is 0 Å². The molecule has 3 heteroatoms. The van der Waals surface area contributed by atoms with Crippen LogP contribution in [0.25, 0.3) is 16.8 Å². The van der Waals surface area contributed by atoms with Crippen LogP contribution >= 0.6 is 0 Å². The van der Waals surface area contributed by atoms with Gasteiger partial charge in [-0.25, -0.2) is 4.98 Å². The van der Waals surface area contributed by atoms with Crippen LogP contribution in [-0.2, 0) is 0 Å². The third kappa shape index (κ3) is 3.32. The van der Waals surface area contributed by atoms with Gasteiger partial charge >= 0.3 is 0 Å². The largest absolute Gasteiger partial charge is 0.304 e. The molecule has 1 aliphatic rings. The van der Waals surface area contributed by atoms with Crippen LogP contribution in [0.15, 0.2) is 54.7 Å². The Morgan fingerprint density at radius 1 is 0.846 bits per heavy atom. The number of aryl methyl sites for hydroxylation is 2. The van der Waals surface area contributed by atoms with Crippen molar-refractivity contribution in [3.8, 4) is 16.8 Å². The maximum Gasteiger partial charge on any atom is 0.110 e. The molecule has 0 radical (unpaired) electrons. The molecule has 3 aromatic rings. The van der Waals surface area contributed by atoms with Crippen LogP contribution < -0.4 is 0 Å². The van der Waals surface area contributed by atoms with Crippen LogP contribution in [0.5, 0.6) is 0 Å². The number of benzene rings is 2. The summed E-state index contributed by atoms with van der Waals surface area (Å²) >= 11 is 0. The topological polar surface area (TPSA) is 21.1 Å². The van der Waals surface area contributed by atoms with E-state index in [0.717, 1.165) is 17.2 Å². The van der Waals surface area contributed by atoms with Crippen molar-refractivity contribution in [2.45, 2.75) is 39.7 Å². The molecule has 1 aromatic heterocycles. The summed E-state index contributed by atoms with van der Waals surface area (Å²) in [7, 11) is 0. The van der Waals surface area contributed by atoms with Crippen molar-refractivity contribution in [1.82, 2.24) is 14.5 Å². The van der Waals surface area contributed by atoms with Gasteiger partial charge in [-0.05, 0) is 75.5 Å². The first-order valence-corrected chi connectivity index (χ1v) is 9.59. The smallest absolute Gasteiger partial charge is 0.110 e. The Kier molecular flexibility index (Phi) is 4.64. The Balaban J connectivity index is 1.53. The number of likely N-dealkylation sites (tertiary alicyclic amines) is 1. The second kappa shape index (κ2) is 7.08. The van der Waals surface area contributed by atoms with E-state index in [1.54, 1.807) is 0 Å². The molecule has 1 saturated heterocycles. The molecule has 134 valence electrons. The van der Waals surface area contributed by atoms with Crippen molar-refractivity contribution in [3.63, 3.8) is 0 Å². The van der Waals surface area contributed by atoms with Crippen LogP contribution in [0.4, 0.5) is 0 Å². The maximum atomic E-state index is 4.49. The summed E-state index contributed by atoms with van der Waals surface area (Å²) in [4.78, 5) is 7.07. The molecular formula is C23H27N3. The van der Waals surface area contributed by atoms with Gasteiger partial charge in [0.25, 0.3) is 0 Å². The number of imidazole rings is 1. The molecule has 0 N–H and O–H groups in total. The van der Waals surface area contributed by atoms with Gasteiger partial charge in [0.2, 0.25) is 0 Å². The summed E-state index contributed by atoms with van der Waals surface area (Å²) in [5.41, 5.74) is 6.15. The van der Waals surface area contributed by atoms with Gasteiger partial charge in [-0.1, -0.05) is 36.4 Å². The second-order valence-electron chi connectivity index (χ2n) is 7.39. The number of aromatic nitrogens is 2. The SMILES string of the molecule is Cc1cn(-c2ccc(-c3ccc(C(C)N4CCCC4)cc3)cc2)c(C)n1. The highest BCUT2D eigenvalue weighted by Gasteiger charge is 2.19. The summed E-state index contributed by atoms with van der Waals surface area (Å²) in [6.45, 7) is 8.86. The molecule has 0 bridgehead atoms. The van der Waals surface area contributed by atoms with E-state index in [1.165, 1.54) is 42.6 Å². The maximum absolute atomic E-state index is 4.49. The monoisotopic (exact) mass is 345 g/mol. The minimum atomic E-state index is 0.515. The first-order valence-electron chi connectivity index (χ1n) is 9.59. The lowest BCUT2D eigenvalue weighted by atomic mass is 10.0. The predicted molar refractivity (Wildman–Crippen MR) is 108 cm³/mol. The lowest BCUT2D eigenvalue weighted by Crippen LogP contribution is -2.23. The minimum absolute atomic E-state index is 0.515. The normalized spacial score (nSPS) is 16.1. The van der Waals surface area contributed by atoms with Crippen LogP contribution in [-0.4, -0.2) is 27.5 Å². The molecule has 1 unspecified atom stereocenters. The van der Waals surface area contributed by atoms with Gasteiger partial charge < -0.3 is 4.57 Å². The summed E-state index contributed by atoms with van der Waals surface area (Å²) in [5.74, 6) is 1.02. The van der Waals surface area contributed by atoms with E-state index < -0.39 is 0 Å². The molecule has 4 rings (SSSR count). The molecule has 0 amide bonds. The van der Waals surface area contributed by atoms with Crippen LogP contribution in [0, 0.1) is 13.8 Å². The van der Waals surface area contributed by atoms with Gasteiger partial charge in [0.15, 0.2) is 0 Å². The van der Waals surface area contributed by atoms with E-state index in [9.17, 15) is 0 Å². The fourth-order valence-corrected chi connectivity index (χ4v) is 3.99. The number of hydrogen-bond donors (Lipinski definition) is 0. The highest BCUT2D eigenvalue weighted by atomic mass is 15.2. The van der Waals surface area contributed by atoms with Gasteiger partial charge in [0.05, 0.1) is 5.69 Å². The van der Waals surface area contributed by atoms with Gasteiger partial charge in [0.1, 0.15) is 5.82 Å². The van der Waals surface area contributed by atoms with E-state index in [1.807, 2.05) is 13.8 Å². The predicted octanol–water partition coefficient (Wildman–Crippen LogP) is 5.31. The molecule has 1 fully saturated rings. The van der Waals surface area contributed by atoms with Crippen LogP contribution in [0.3, 0.4) is 0 Å². The lowest BCUT2D eigenvalue weighted by molar-refractivity contribution is 0.263. The van der Waals surface area contributed by atoms with Gasteiger partial charge in [-0.15, -0.1) is 0 Å². The quantitative estimate of drug-likeness (QED) is 0.639. The third-order valence-electron chi connectivity index (χ3n) is 5.56. The Hall–Kier alpha value is -2.39. The first kappa shape index (κ1) is 17.0. The Morgan fingerprint density at radius 3 is 1.96 bits per heavy atom. The molecule has 2 heterocycles. The van der Waals surface area contributed by atoms with E-state index in [4.69, 9.17) is 0 Å². The average molecular weight is 345 g/mol. The standard InChI is InChI=1S/C23H27N3/c1-17-16-26(19(3)24-17)23-12-10-22(11-13-23)21-8-6-20(7-9-21)18(2)25-14-4-5-15-25/h6-13,16,18H,4-5,14-15H2,1-3H3. The molecule has 2 aromatic carbocycles. The molecule has 0 saturated carbocycles. The fourth-order valence-electron chi connectivity index (χ4n) is 3.99. The molecule has 26 heavy (non-hydrogen) atoms. The molecule has 0 aliphatic carbocycles. The molecule has 0 spiro atoms. The Bertz CT molecular complexity index is 869. The van der Waals surface area contributed by atoms with Crippen molar-refractivity contribution >= 4 is 0 Å². The van der Waals surface area contributed by atoms with Gasteiger partial charge in [0, 0.05) is 17.9 Å². The molecular weight excluding hydrogens is 318 g/mol. The second-order valence-corrected chi connectivity index (χ2v) is 7.39. The van der Waals surface area contributed by atoms with Crippen molar-refractivity contribution in [2.75, 3.05) is 13.1 Å². The zero-order valence-corrected chi connectivity index (χ0v) is 15.9. The summed E-state index contributed by atoms with van der Waals surface area (Å²) in [5, 5.41) is 0. The summed E-state index contributed by atoms with van der Waals surface area (Å²) < 4.78 is 2.14. The lowest BCUT2D eigenvalue weighted by Gasteiger charge is -2.24. The van der Waals surface area contributed by atoms with Crippen molar-refractivity contribution < 1.29 is 0 Å². The van der Waals surface area contributed by atoms with E-state index >= 15 is 0 Å². The van der Waals surface area contributed by atoms with Gasteiger partial charge in [-0.2, -0.15) is 0 Å². The molecule has 3 nitrogen and oxygen atoms in total. The number of rotatable bonds is 4. The highest BCUT2D eigenvalue weighted by Crippen LogP contribution is 2.27. The van der Waals surface area contributed by atoms with Gasteiger partial charge in [-0.3, -0.25) is 4.90 Å². The number of hydrogen-bond acceptors (Lipinski definition) is 2. The van der Waals surface area contributed by atoms with Crippen molar-refractivity contribution in [3.05, 3.63) is 71.8 Å². The average Bonchev–Trinajstić information content (AvgIpc) is 3.31. The van der Waals surface area contributed by atoms with Crippen LogP contribution in [0.2, 0.25) is 0 Å². The first-order chi connectivity index (χ1) is 12.6. The summed E-state index contributed by atoms with van der Waals surface area (Å²) in [6, 6.07) is 18.3. The van der Waals surface area contributed by atoms with E-state index in [2.05, 4.69) is 76.1 Å². The van der Waals surface area contributed by atoms with Crippen molar-refractivity contribution in [2.24, 2.45) is 0 Å². The molecule has 1 atom stereocenters. The highest BCUT2D eigenvalue weighted by molar-refractivity contribution is 5.65. The van der Waals surface area contributed by atoms with Crippen LogP contribution in [0.1, 0.15) is 42.9 Å². The number of nitrogens with zero attached hydrogens (tertiary/aromatic N) is 3. The zero-order valence-electron chi connectivity index (χ0n) is 15.9. The summed E-state index contributed by atoms with van der Waals surface area (Å²) in [6.07, 6.45) is 4.76. The third-order valence-corrected chi connectivity index (χ3v) is 5.56. The zero-order chi connectivity index (χ0) is 18.1.